The molecular formula is C22H32O2. The summed E-state index contributed by atoms with van der Waals surface area (Å²) >= 11 is 0. The predicted octanol–water partition coefficient (Wildman–Crippen LogP) is 6.08. The molecule has 2 heteroatoms. The lowest BCUT2D eigenvalue weighted by atomic mass is 9.48. The SMILES string of the molecule is C/C(=C\O)[C@H]1CC[C@H]2[C@@H]3CC=C4C=C(O)CC[C@]4(C)[C@H]3CC[C@]12C. The molecule has 4 aliphatic rings. The van der Waals surface area contributed by atoms with Gasteiger partial charge in [0, 0.05) is 6.42 Å². The molecule has 132 valence electrons. The fraction of sp³-hybridized carbons (Fsp3) is 0.727. The van der Waals surface area contributed by atoms with E-state index in [-0.39, 0.29) is 5.41 Å². The number of aliphatic hydroxyl groups is 2. The standard InChI is InChI=1S/C22H32O2/c1-14(13-23)18-6-7-19-17-5-4-15-12-16(24)8-10-21(15,2)20(17)9-11-22(18,19)3/h4,12-13,17-20,23-24H,5-11H2,1-3H3/b14-13+/t17-,18+,19-,20-,21-,22+/m0/s1. The van der Waals surface area contributed by atoms with Crippen molar-refractivity contribution < 1.29 is 10.2 Å². The topological polar surface area (TPSA) is 40.5 Å². The summed E-state index contributed by atoms with van der Waals surface area (Å²) < 4.78 is 0. The Morgan fingerprint density at radius 2 is 1.96 bits per heavy atom. The number of fused-ring (bicyclic) bond motifs is 5. The molecule has 24 heavy (non-hydrogen) atoms. The van der Waals surface area contributed by atoms with Crippen molar-refractivity contribution in [2.45, 2.75) is 65.7 Å². The minimum Gasteiger partial charge on any atom is -0.516 e. The van der Waals surface area contributed by atoms with E-state index in [1.807, 2.05) is 0 Å². The zero-order valence-corrected chi connectivity index (χ0v) is 15.4. The lowest BCUT2D eigenvalue weighted by Gasteiger charge is -2.57. The van der Waals surface area contributed by atoms with Crippen molar-refractivity contribution in [3.63, 3.8) is 0 Å². The molecule has 0 unspecified atom stereocenters. The summed E-state index contributed by atoms with van der Waals surface area (Å²) in [5, 5.41) is 19.5. The Bertz CT molecular complexity index is 628. The van der Waals surface area contributed by atoms with E-state index in [2.05, 4.69) is 32.9 Å². The summed E-state index contributed by atoms with van der Waals surface area (Å²) in [7, 11) is 0. The fourth-order valence-corrected chi connectivity index (χ4v) is 7.15. The molecule has 0 aromatic carbocycles. The Kier molecular flexibility index (Phi) is 3.67. The molecule has 0 amide bonds. The minimum absolute atomic E-state index is 0.260. The highest BCUT2D eigenvalue weighted by Gasteiger charge is 2.58. The van der Waals surface area contributed by atoms with Crippen LogP contribution in [-0.4, -0.2) is 10.2 Å². The van der Waals surface area contributed by atoms with E-state index in [4.69, 9.17) is 0 Å². The van der Waals surface area contributed by atoms with Crippen molar-refractivity contribution in [1.29, 1.82) is 0 Å². The molecule has 0 aromatic heterocycles. The van der Waals surface area contributed by atoms with Crippen LogP contribution >= 0.6 is 0 Å². The highest BCUT2D eigenvalue weighted by atomic mass is 16.3. The maximum atomic E-state index is 9.96. The molecule has 2 N–H and O–H groups in total. The third-order valence-electron chi connectivity index (χ3n) is 8.50. The first kappa shape index (κ1) is 16.3. The highest BCUT2D eigenvalue weighted by molar-refractivity contribution is 5.35. The number of rotatable bonds is 1. The Morgan fingerprint density at radius 1 is 1.17 bits per heavy atom. The summed E-state index contributed by atoms with van der Waals surface area (Å²) in [6.45, 7) is 7.05. The first-order valence-corrected chi connectivity index (χ1v) is 9.81. The smallest absolute Gasteiger partial charge is 0.0925 e. The third kappa shape index (κ3) is 2.07. The van der Waals surface area contributed by atoms with Crippen LogP contribution in [0, 0.1) is 34.5 Å². The van der Waals surface area contributed by atoms with Gasteiger partial charge in [-0.25, -0.2) is 0 Å². The zero-order valence-electron chi connectivity index (χ0n) is 15.4. The van der Waals surface area contributed by atoms with Gasteiger partial charge >= 0.3 is 0 Å². The molecule has 0 saturated heterocycles. The molecule has 4 rings (SSSR count). The Hall–Kier alpha value is -1.18. The van der Waals surface area contributed by atoms with Gasteiger partial charge in [0.1, 0.15) is 0 Å². The van der Waals surface area contributed by atoms with Crippen LogP contribution in [-0.2, 0) is 0 Å². The Labute approximate surface area is 146 Å². The third-order valence-corrected chi connectivity index (χ3v) is 8.50. The Morgan fingerprint density at radius 3 is 2.71 bits per heavy atom. The number of aliphatic hydroxyl groups excluding tert-OH is 2. The van der Waals surface area contributed by atoms with E-state index in [0.29, 0.717) is 17.1 Å². The molecule has 2 fully saturated rings. The van der Waals surface area contributed by atoms with Crippen LogP contribution in [0.2, 0.25) is 0 Å². The molecule has 0 radical (unpaired) electrons. The van der Waals surface area contributed by atoms with E-state index in [1.165, 1.54) is 49.5 Å². The highest BCUT2D eigenvalue weighted by Crippen LogP contribution is 2.66. The van der Waals surface area contributed by atoms with E-state index in [1.54, 1.807) is 0 Å². The van der Waals surface area contributed by atoms with Gasteiger partial charge in [0.15, 0.2) is 0 Å². The lowest BCUT2D eigenvalue weighted by molar-refractivity contribution is -0.0317. The van der Waals surface area contributed by atoms with Crippen molar-refractivity contribution in [3.05, 3.63) is 35.3 Å². The fourth-order valence-electron chi connectivity index (χ4n) is 7.15. The second-order valence-electron chi connectivity index (χ2n) is 9.37. The molecule has 0 aromatic rings. The van der Waals surface area contributed by atoms with Crippen molar-refractivity contribution in [2.24, 2.45) is 34.5 Å². The van der Waals surface area contributed by atoms with Crippen molar-refractivity contribution in [1.82, 2.24) is 0 Å². The van der Waals surface area contributed by atoms with Gasteiger partial charge in [0.25, 0.3) is 0 Å². The van der Waals surface area contributed by atoms with Crippen LogP contribution in [0.1, 0.15) is 65.7 Å². The van der Waals surface area contributed by atoms with Gasteiger partial charge in [0.2, 0.25) is 0 Å². The van der Waals surface area contributed by atoms with Crippen molar-refractivity contribution >= 4 is 0 Å². The van der Waals surface area contributed by atoms with Gasteiger partial charge < -0.3 is 10.2 Å². The van der Waals surface area contributed by atoms with Crippen molar-refractivity contribution in [2.75, 3.05) is 0 Å². The number of hydrogen-bond donors (Lipinski definition) is 2. The van der Waals surface area contributed by atoms with Gasteiger partial charge in [-0.3, -0.25) is 0 Å². The monoisotopic (exact) mass is 328 g/mol. The van der Waals surface area contributed by atoms with E-state index < -0.39 is 0 Å². The first-order chi connectivity index (χ1) is 11.4. The molecule has 0 aliphatic heterocycles. The van der Waals surface area contributed by atoms with E-state index in [9.17, 15) is 10.2 Å². The minimum atomic E-state index is 0.260. The maximum absolute atomic E-state index is 9.96. The predicted molar refractivity (Wildman–Crippen MR) is 97.7 cm³/mol. The summed E-state index contributed by atoms with van der Waals surface area (Å²) in [5.74, 6) is 3.45. The van der Waals surface area contributed by atoms with Crippen LogP contribution in [0.15, 0.2) is 35.3 Å². The molecule has 0 spiro atoms. The molecule has 4 aliphatic carbocycles. The number of hydrogen-bond acceptors (Lipinski definition) is 2. The zero-order chi connectivity index (χ0) is 17.1. The average molecular weight is 328 g/mol. The molecule has 2 saturated carbocycles. The van der Waals surface area contributed by atoms with Crippen LogP contribution in [0.5, 0.6) is 0 Å². The summed E-state index contributed by atoms with van der Waals surface area (Å²) in [6, 6.07) is 0. The van der Waals surface area contributed by atoms with Gasteiger partial charge in [-0.05, 0) is 97.2 Å². The molecule has 0 bridgehead atoms. The molecule has 2 nitrogen and oxygen atoms in total. The van der Waals surface area contributed by atoms with Crippen LogP contribution < -0.4 is 0 Å². The van der Waals surface area contributed by atoms with Gasteiger partial charge in [0.05, 0.1) is 12.0 Å². The molecular weight excluding hydrogens is 296 g/mol. The average Bonchev–Trinajstić information content (AvgIpc) is 2.92. The normalized spacial score (nSPS) is 48.0. The second-order valence-corrected chi connectivity index (χ2v) is 9.37. The van der Waals surface area contributed by atoms with Crippen LogP contribution in [0.3, 0.4) is 0 Å². The van der Waals surface area contributed by atoms with E-state index >= 15 is 0 Å². The summed E-state index contributed by atoms with van der Waals surface area (Å²) in [5.41, 5.74) is 3.20. The second kappa shape index (κ2) is 5.41. The van der Waals surface area contributed by atoms with Crippen LogP contribution in [0.4, 0.5) is 0 Å². The summed E-state index contributed by atoms with van der Waals surface area (Å²) in [6.07, 6.45) is 14.1. The summed E-state index contributed by atoms with van der Waals surface area (Å²) in [4.78, 5) is 0. The van der Waals surface area contributed by atoms with Gasteiger partial charge in [-0.2, -0.15) is 0 Å². The van der Waals surface area contributed by atoms with Gasteiger partial charge in [-0.15, -0.1) is 0 Å². The molecule has 6 atom stereocenters. The number of allylic oxidation sites excluding steroid dienone is 5. The molecule has 0 heterocycles. The Balaban J connectivity index is 1.68. The largest absolute Gasteiger partial charge is 0.516 e. The van der Waals surface area contributed by atoms with Crippen LogP contribution in [0.25, 0.3) is 0 Å². The lowest BCUT2D eigenvalue weighted by Crippen LogP contribution is -2.49. The maximum Gasteiger partial charge on any atom is 0.0925 e. The first-order valence-electron chi connectivity index (χ1n) is 9.81. The van der Waals surface area contributed by atoms with Gasteiger partial charge in [-0.1, -0.05) is 19.9 Å². The quantitative estimate of drug-likeness (QED) is 0.573. The van der Waals surface area contributed by atoms with E-state index in [0.717, 1.165) is 30.6 Å². The van der Waals surface area contributed by atoms with Crippen molar-refractivity contribution in [3.8, 4) is 0 Å².